The summed E-state index contributed by atoms with van der Waals surface area (Å²) >= 11 is 0. The van der Waals surface area contributed by atoms with Crippen LogP contribution in [0.3, 0.4) is 0 Å². The standard InChI is InChI=1S/C4H8O2.C2H8N2/c1-2-6-4-3-5-1;1-3-4-2/h1-4H2;3-4H,1-2H3. The van der Waals surface area contributed by atoms with Gasteiger partial charge >= 0.3 is 0 Å². The van der Waals surface area contributed by atoms with E-state index in [0.717, 1.165) is 26.4 Å². The number of ether oxygens (including phenoxy) is 2. The predicted molar refractivity (Wildman–Crippen MR) is 39.8 cm³/mol. The van der Waals surface area contributed by atoms with Crippen LogP contribution in [0.15, 0.2) is 0 Å². The molecule has 0 amide bonds. The maximum atomic E-state index is 4.94. The number of hydrazine groups is 1. The van der Waals surface area contributed by atoms with E-state index >= 15 is 0 Å². The zero-order chi connectivity index (χ0) is 7.66. The van der Waals surface area contributed by atoms with Gasteiger partial charge in [0.05, 0.1) is 26.4 Å². The van der Waals surface area contributed by atoms with Gasteiger partial charge in [0.15, 0.2) is 0 Å². The van der Waals surface area contributed by atoms with E-state index < -0.39 is 0 Å². The van der Waals surface area contributed by atoms with Crippen molar-refractivity contribution in [2.75, 3.05) is 40.5 Å². The minimum atomic E-state index is 0.778. The summed E-state index contributed by atoms with van der Waals surface area (Å²) in [4.78, 5) is 0. The number of nitrogens with one attached hydrogen (secondary N) is 2. The van der Waals surface area contributed by atoms with Crippen molar-refractivity contribution in [3.05, 3.63) is 0 Å². The fourth-order valence-corrected chi connectivity index (χ4v) is 0.440. The molecule has 0 unspecified atom stereocenters. The molecule has 1 heterocycles. The van der Waals surface area contributed by atoms with E-state index in [2.05, 4.69) is 10.9 Å². The van der Waals surface area contributed by atoms with E-state index in [0.29, 0.717) is 0 Å². The van der Waals surface area contributed by atoms with Crippen molar-refractivity contribution in [2.45, 2.75) is 0 Å². The van der Waals surface area contributed by atoms with Crippen LogP contribution in [-0.4, -0.2) is 40.5 Å². The maximum absolute atomic E-state index is 4.94. The van der Waals surface area contributed by atoms with Gasteiger partial charge in [0.2, 0.25) is 0 Å². The van der Waals surface area contributed by atoms with E-state index in [1.165, 1.54) is 0 Å². The van der Waals surface area contributed by atoms with Crippen LogP contribution in [0, 0.1) is 0 Å². The number of rotatable bonds is 1. The Bertz CT molecular complexity index is 44.2. The second-order valence-electron chi connectivity index (χ2n) is 1.72. The fraction of sp³-hybridized carbons (Fsp3) is 1.00. The zero-order valence-electron chi connectivity index (χ0n) is 6.64. The summed E-state index contributed by atoms with van der Waals surface area (Å²) in [7, 11) is 3.64. The van der Waals surface area contributed by atoms with E-state index in [-0.39, 0.29) is 0 Å². The van der Waals surface area contributed by atoms with E-state index in [1.54, 1.807) is 0 Å². The molecular formula is C6H16N2O2. The second kappa shape index (κ2) is 8.84. The van der Waals surface area contributed by atoms with Crippen LogP contribution in [-0.2, 0) is 9.47 Å². The van der Waals surface area contributed by atoms with Crippen LogP contribution in [0.4, 0.5) is 0 Å². The molecule has 0 aromatic heterocycles. The lowest BCUT2D eigenvalue weighted by Gasteiger charge is -2.09. The van der Waals surface area contributed by atoms with Crippen LogP contribution in [0.5, 0.6) is 0 Å². The zero-order valence-corrected chi connectivity index (χ0v) is 6.64. The quantitative estimate of drug-likeness (QED) is 0.486. The highest BCUT2D eigenvalue weighted by atomic mass is 16.6. The third kappa shape index (κ3) is 7.84. The molecule has 2 N–H and O–H groups in total. The lowest BCUT2D eigenvalue weighted by atomic mass is 10.6. The molecule has 0 aliphatic carbocycles. The van der Waals surface area contributed by atoms with Crippen LogP contribution in [0.25, 0.3) is 0 Å². The summed E-state index contributed by atoms with van der Waals surface area (Å²) in [6.07, 6.45) is 0. The topological polar surface area (TPSA) is 42.5 Å². The monoisotopic (exact) mass is 148 g/mol. The molecule has 0 radical (unpaired) electrons. The largest absolute Gasteiger partial charge is 0.377 e. The Hall–Kier alpha value is -0.160. The highest BCUT2D eigenvalue weighted by molar-refractivity contribution is 4.37. The molecule has 1 aliphatic rings. The van der Waals surface area contributed by atoms with E-state index in [1.807, 2.05) is 14.1 Å². The molecule has 0 aromatic rings. The van der Waals surface area contributed by atoms with Crippen LogP contribution in [0.2, 0.25) is 0 Å². The molecule has 62 valence electrons. The molecule has 1 aliphatic heterocycles. The summed E-state index contributed by atoms with van der Waals surface area (Å²) in [6.45, 7) is 3.11. The van der Waals surface area contributed by atoms with Gasteiger partial charge in [-0.05, 0) is 14.1 Å². The number of hydrogen-bond acceptors (Lipinski definition) is 4. The highest BCUT2D eigenvalue weighted by Crippen LogP contribution is 1.85. The Balaban J connectivity index is 0.000000180. The van der Waals surface area contributed by atoms with E-state index in [4.69, 9.17) is 9.47 Å². The first-order valence-electron chi connectivity index (χ1n) is 3.40. The summed E-state index contributed by atoms with van der Waals surface area (Å²) in [5, 5.41) is 0. The van der Waals surface area contributed by atoms with Gasteiger partial charge in [-0.25, -0.2) is 0 Å². The third-order valence-electron chi connectivity index (χ3n) is 0.994. The van der Waals surface area contributed by atoms with Gasteiger partial charge in [0, 0.05) is 0 Å². The third-order valence-corrected chi connectivity index (χ3v) is 0.994. The average Bonchev–Trinajstić information content (AvgIpc) is 2.08. The van der Waals surface area contributed by atoms with E-state index in [9.17, 15) is 0 Å². The number of hydrogen-bond donors (Lipinski definition) is 2. The minimum Gasteiger partial charge on any atom is -0.377 e. The van der Waals surface area contributed by atoms with Gasteiger partial charge in [0.25, 0.3) is 0 Å². The Labute approximate surface area is 61.9 Å². The lowest BCUT2D eigenvalue weighted by molar-refractivity contribution is -0.0334. The smallest absolute Gasteiger partial charge is 0.0701 e. The molecule has 1 saturated heterocycles. The molecule has 0 spiro atoms. The van der Waals surface area contributed by atoms with Gasteiger partial charge in [-0.1, -0.05) is 0 Å². The lowest BCUT2D eigenvalue weighted by Crippen LogP contribution is -2.21. The van der Waals surface area contributed by atoms with Crippen molar-refractivity contribution in [1.29, 1.82) is 0 Å². The molecule has 0 atom stereocenters. The van der Waals surface area contributed by atoms with Crippen LogP contribution >= 0.6 is 0 Å². The van der Waals surface area contributed by atoms with Crippen LogP contribution < -0.4 is 10.9 Å². The molecule has 1 fully saturated rings. The summed E-state index contributed by atoms with van der Waals surface area (Å²) in [6, 6.07) is 0. The van der Waals surface area contributed by atoms with Gasteiger partial charge in [-0.15, -0.1) is 0 Å². The van der Waals surface area contributed by atoms with Crippen molar-refractivity contribution in [2.24, 2.45) is 0 Å². The Morgan fingerprint density at radius 1 is 0.800 bits per heavy atom. The highest BCUT2D eigenvalue weighted by Gasteiger charge is 1.94. The minimum absolute atomic E-state index is 0.778. The molecule has 1 rings (SSSR count). The van der Waals surface area contributed by atoms with Gasteiger partial charge in [-0.2, -0.15) is 0 Å². The SMILES string of the molecule is C1COCCO1.CNNC. The van der Waals surface area contributed by atoms with Gasteiger partial charge in [-0.3, -0.25) is 10.9 Å². The molecule has 0 aromatic carbocycles. The van der Waals surface area contributed by atoms with Gasteiger partial charge < -0.3 is 9.47 Å². The summed E-state index contributed by atoms with van der Waals surface area (Å²) in [5.74, 6) is 0. The van der Waals surface area contributed by atoms with Crippen molar-refractivity contribution in [3.8, 4) is 0 Å². The first-order chi connectivity index (χ1) is 4.91. The van der Waals surface area contributed by atoms with Crippen molar-refractivity contribution < 1.29 is 9.47 Å². The molecule has 10 heavy (non-hydrogen) atoms. The molecular weight excluding hydrogens is 132 g/mol. The Kier molecular flexibility index (Phi) is 8.70. The average molecular weight is 148 g/mol. The predicted octanol–water partition coefficient (Wildman–Crippen LogP) is -0.627. The van der Waals surface area contributed by atoms with Gasteiger partial charge in [0.1, 0.15) is 0 Å². The van der Waals surface area contributed by atoms with Crippen molar-refractivity contribution >= 4 is 0 Å². The van der Waals surface area contributed by atoms with Crippen molar-refractivity contribution in [3.63, 3.8) is 0 Å². The van der Waals surface area contributed by atoms with Crippen LogP contribution in [0.1, 0.15) is 0 Å². The molecule has 0 bridgehead atoms. The summed E-state index contributed by atoms with van der Waals surface area (Å²) in [5.41, 5.74) is 5.36. The summed E-state index contributed by atoms with van der Waals surface area (Å²) < 4.78 is 9.89. The Morgan fingerprint density at radius 3 is 1.20 bits per heavy atom. The molecule has 0 saturated carbocycles. The second-order valence-corrected chi connectivity index (χ2v) is 1.72. The normalized spacial score (nSPS) is 17.4. The Morgan fingerprint density at radius 2 is 1.10 bits per heavy atom. The molecule has 4 heteroatoms. The first-order valence-corrected chi connectivity index (χ1v) is 3.40. The fourth-order valence-electron chi connectivity index (χ4n) is 0.440. The van der Waals surface area contributed by atoms with Crippen molar-refractivity contribution in [1.82, 2.24) is 10.9 Å². The first kappa shape index (κ1) is 9.84. The maximum Gasteiger partial charge on any atom is 0.0701 e. The molecule has 4 nitrogen and oxygen atoms in total.